The van der Waals surface area contributed by atoms with Gasteiger partial charge in [-0.25, -0.2) is 0 Å². The second-order valence-corrected chi connectivity index (χ2v) is 4.87. The van der Waals surface area contributed by atoms with Gasteiger partial charge in [0.05, 0.1) is 0 Å². The molecule has 1 aliphatic carbocycles. The van der Waals surface area contributed by atoms with Crippen molar-refractivity contribution in [2.75, 3.05) is 0 Å². The van der Waals surface area contributed by atoms with Gasteiger partial charge >= 0.3 is 5.97 Å². The van der Waals surface area contributed by atoms with Crippen molar-refractivity contribution in [1.82, 2.24) is 0 Å². The molecule has 0 saturated heterocycles. The van der Waals surface area contributed by atoms with Crippen LogP contribution in [0.15, 0.2) is 43.0 Å². The Balaban J connectivity index is 2.05. The normalized spacial score (nSPS) is 22.8. The molecule has 100 valence electrons. The Morgan fingerprint density at radius 2 is 2.05 bits per heavy atom. The maximum absolute atomic E-state index is 12.2. The molecule has 3 heteroatoms. The molecule has 0 spiro atoms. The highest BCUT2D eigenvalue weighted by molar-refractivity contribution is 6.06. The van der Waals surface area contributed by atoms with E-state index in [1.807, 2.05) is 30.3 Å². The number of hydrogen-bond acceptors (Lipinski definition) is 3. The predicted octanol–water partition coefficient (Wildman–Crippen LogP) is 3.05. The van der Waals surface area contributed by atoms with E-state index in [4.69, 9.17) is 4.74 Å². The fourth-order valence-electron chi connectivity index (χ4n) is 2.42. The van der Waals surface area contributed by atoms with Crippen molar-refractivity contribution in [2.24, 2.45) is 5.41 Å². The molecule has 3 nitrogen and oxygen atoms in total. The summed E-state index contributed by atoms with van der Waals surface area (Å²) in [6, 6.07) is 9.45. The van der Waals surface area contributed by atoms with Crippen LogP contribution in [0.25, 0.3) is 0 Å². The Morgan fingerprint density at radius 1 is 1.32 bits per heavy atom. The predicted molar refractivity (Wildman–Crippen MR) is 72.3 cm³/mol. The SMILES string of the molecule is C=CC1(C(=O)OCc2ccccc2)CCCCC1=O. The average molecular weight is 258 g/mol. The molecule has 0 aliphatic heterocycles. The molecule has 2 rings (SSSR count). The number of hydrogen-bond donors (Lipinski definition) is 0. The fourth-order valence-corrected chi connectivity index (χ4v) is 2.42. The molecule has 1 fully saturated rings. The molecule has 19 heavy (non-hydrogen) atoms. The number of benzene rings is 1. The first-order valence-corrected chi connectivity index (χ1v) is 6.57. The third-order valence-corrected chi connectivity index (χ3v) is 3.65. The number of ether oxygens (including phenoxy) is 1. The molecule has 1 saturated carbocycles. The number of Topliss-reactive ketones (excluding diaryl/α,β-unsaturated/α-hetero) is 1. The van der Waals surface area contributed by atoms with Crippen molar-refractivity contribution >= 4 is 11.8 Å². The largest absolute Gasteiger partial charge is 0.460 e. The van der Waals surface area contributed by atoms with Crippen LogP contribution in [0.3, 0.4) is 0 Å². The molecule has 0 N–H and O–H groups in total. The van der Waals surface area contributed by atoms with E-state index in [9.17, 15) is 9.59 Å². The second-order valence-electron chi connectivity index (χ2n) is 4.87. The third kappa shape index (κ3) is 2.75. The molecule has 0 bridgehead atoms. The lowest BCUT2D eigenvalue weighted by molar-refractivity contribution is -0.160. The van der Waals surface area contributed by atoms with Gasteiger partial charge in [0.15, 0.2) is 5.78 Å². The van der Waals surface area contributed by atoms with Gasteiger partial charge in [-0.1, -0.05) is 42.8 Å². The lowest BCUT2D eigenvalue weighted by Crippen LogP contribution is -2.41. The van der Waals surface area contributed by atoms with Crippen molar-refractivity contribution in [3.8, 4) is 0 Å². The van der Waals surface area contributed by atoms with E-state index in [-0.39, 0.29) is 12.4 Å². The first-order valence-electron chi connectivity index (χ1n) is 6.57. The van der Waals surface area contributed by atoms with E-state index in [1.54, 1.807) is 0 Å². The van der Waals surface area contributed by atoms with Gasteiger partial charge in [-0.2, -0.15) is 0 Å². The summed E-state index contributed by atoms with van der Waals surface area (Å²) >= 11 is 0. The van der Waals surface area contributed by atoms with E-state index < -0.39 is 11.4 Å². The van der Waals surface area contributed by atoms with Crippen molar-refractivity contribution in [3.05, 3.63) is 48.6 Å². The summed E-state index contributed by atoms with van der Waals surface area (Å²) in [5.41, 5.74) is -0.203. The Hall–Kier alpha value is -1.90. The van der Waals surface area contributed by atoms with Crippen molar-refractivity contribution in [1.29, 1.82) is 0 Å². The summed E-state index contributed by atoms with van der Waals surface area (Å²) in [5.74, 6) is -0.525. The highest BCUT2D eigenvalue weighted by Crippen LogP contribution is 2.35. The van der Waals surface area contributed by atoms with E-state index >= 15 is 0 Å². The maximum Gasteiger partial charge on any atom is 0.323 e. The quantitative estimate of drug-likeness (QED) is 0.473. The smallest absolute Gasteiger partial charge is 0.323 e. The standard InChI is InChI=1S/C16H18O3/c1-2-16(11-7-6-10-14(16)17)15(18)19-12-13-8-4-3-5-9-13/h2-5,8-9H,1,6-7,10-12H2. The van der Waals surface area contributed by atoms with E-state index in [0.29, 0.717) is 12.8 Å². The summed E-state index contributed by atoms with van der Waals surface area (Å²) < 4.78 is 5.30. The van der Waals surface area contributed by atoms with Crippen LogP contribution in [0.5, 0.6) is 0 Å². The lowest BCUT2D eigenvalue weighted by Gasteiger charge is -2.30. The molecule has 1 atom stereocenters. The van der Waals surface area contributed by atoms with Crippen LogP contribution in [0.4, 0.5) is 0 Å². The van der Waals surface area contributed by atoms with Crippen LogP contribution in [-0.2, 0) is 20.9 Å². The molecule has 0 amide bonds. The fraction of sp³-hybridized carbons (Fsp3) is 0.375. The minimum Gasteiger partial charge on any atom is -0.460 e. The molecule has 1 aliphatic rings. The van der Waals surface area contributed by atoms with Gasteiger partial charge in [0, 0.05) is 6.42 Å². The molecule has 1 unspecified atom stereocenters. The van der Waals surface area contributed by atoms with Gasteiger partial charge in [0.1, 0.15) is 12.0 Å². The highest BCUT2D eigenvalue weighted by atomic mass is 16.5. The zero-order valence-electron chi connectivity index (χ0n) is 10.9. The summed E-state index contributed by atoms with van der Waals surface area (Å²) in [6.45, 7) is 3.86. The minimum atomic E-state index is -1.12. The van der Waals surface area contributed by atoms with Crippen LogP contribution in [0.1, 0.15) is 31.2 Å². The van der Waals surface area contributed by atoms with Crippen molar-refractivity contribution in [2.45, 2.75) is 32.3 Å². The lowest BCUT2D eigenvalue weighted by atomic mass is 9.73. The minimum absolute atomic E-state index is 0.0631. The summed E-state index contributed by atoms with van der Waals surface area (Å²) in [7, 11) is 0. The molecule has 1 aromatic carbocycles. The zero-order valence-corrected chi connectivity index (χ0v) is 10.9. The van der Waals surface area contributed by atoms with Gasteiger partial charge in [0.25, 0.3) is 0 Å². The number of esters is 1. The number of carbonyl (C=O) groups is 2. The first-order chi connectivity index (χ1) is 9.19. The molecule has 0 radical (unpaired) electrons. The van der Waals surface area contributed by atoms with Crippen LogP contribution in [-0.4, -0.2) is 11.8 Å². The second kappa shape index (κ2) is 5.83. The number of ketones is 1. The first kappa shape index (κ1) is 13.5. The summed E-state index contributed by atoms with van der Waals surface area (Å²) in [4.78, 5) is 24.2. The van der Waals surface area contributed by atoms with Crippen LogP contribution in [0.2, 0.25) is 0 Å². The Morgan fingerprint density at radius 3 is 2.68 bits per heavy atom. The van der Waals surface area contributed by atoms with Crippen LogP contribution in [0, 0.1) is 5.41 Å². The maximum atomic E-state index is 12.2. The average Bonchev–Trinajstić information content (AvgIpc) is 2.46. The van der Waals surface area contributed by atoms with Gasteiger partial charge in [0.2, 0.25) is 0 Å². The Bertz CT molecular complexity index is 478. The summed E-state index contributed by atoms with van der Waals surface area (Å²) in [5, 5.41) is 0. The molecular weight excluding hydrogens is 240 g/mol. The zero-order chi connectivity index (χ0) is 13.7. The molecule has 0 aromatic heterocycles. The highest BCUT2D eigenvalue weighted by Gasteiger charge is 2.45. The van der Waals surface area contributed by atoms with Gasteiger partial charge in [-0.15, -0.1) is 6.58 Å². The third-order valence-electron chi connectivity index (χ3n) is 3.65. The van der Waals surface area contributed by atoms with E-state index in [1.165, 1.54) is 6.08 Å². The molecule has 0 heterocycles. The van der Waals surface area contributed by atoms with Crippen LogP contribution >= 0.6 is 0 Å². The van der Waals surface area contributed by atoms with Crippen molar-refractivity contribution in [3.63, 3.8) is 0 Å². The van der Waals surface area contributed by atoms with Crippen molar-refractivity contribution < 1.29 is 14.3 Å². The molecular formula is C16H18O3. The van der Waals surface area contributed by atoms with E-state index in [2.05, 4.69) is 6.58 Å². The van der Waals surface area contributed by atoms with Crippen LogP contribution < -0.4 is 0 Å². The van der Waals surface area contributed by atoms with Gasteiger partial charge in [-0.3, -0.25) is 9.59 Å². The van der Waals surface area contributed by atoms with Gasteiger partial charge in [-0.05, 0) is 18.4 Å². The monoisotopic (exact) mass is 258 g/mol. The van der Waals surface area contributed by atoms with E-state index in [0.717, 1.165) is 18.4 Å². The topological polar surface area (TPSA) is 43.4 Å². The summed E-state index contributed by atoms with van der Waals surface area (Å²) in [6.07, 6.45) is 4.12. The number of rotatable bonds is 4. The Labute approximate surface area is 113 Å². The Kier molecular flexibility index (Phi) is 4.15. The molecule has 1 aromatic rings. The van der Waals surface area contributed by atoms with Gasteiger partial charge < -0.3 is 4.74 Å². The number of carbonyl (C=O) groups excluding carboxylic acids is 2.